The van der Waals surface area contributed by atoms with E-state index >= 15 is 0 Å². The molecule has 0 atom stereocenters. The highest BCUT2D eigenvalue weighted by Crippen LogP contribution is 2.13. The van der Waals surface area contributed by atoms with Gasteiger partial charge in [-0.1, -0.05) is 6.07 Å². The summed E-state index contributed by atoms with van der Waals surface area (Å²) >= 11 is 0. The van der Waals surface area contributed by atoms with Gasteiger partial charge in [-0.25, -0.2) is 4.98 Å². The Bertz CT molecular complexity index is 560. The molecule has 0 fully saturated rings. The largest absolute Gasteiger partial charge is 0.460 e. The molecule has 0 saturated carbocycles. The lowest BCUT2D eigenvalue weighted by atomic mass is 10.1. The number of pyridine rings is 1. The fourth-order valence-corrected chi connectivity index (χ4v) is 1.48. The van der Waals surface area contributed by atoms with Crippen molar-refractivity contribution in [2.75, 3.05) is 0 Å². The highest BCUT2D eigenvalue weighted by Gasteiger charge is 2.16. The minimum Gasteiger partial charge on any atom is -0.460 e. The lowest BCUT2D eigenvalue weighted by molar-refractivity contribution is -0.154. The molecule has 98 valence electrons. The first-order valence-electron chi connectivity index (χ1n) is 5.87. The summed E-state index contributed by atoms with van der Waals surface area (Å²) in [5, 5.41) is 17.7. The van der Waals surface area contributed by atoms with E-state index in [1.807, 2.05) is 12.1 Å². The van der Waals surface area contributed by atoms with Crippen molar-refractivity contribution in [2.24, 2.45) is 0 Å². The van der Waals surface area contributed by atoms with Crippen molar-refractivity contribution in [2.45, 2.75) is 39.2 Å². The molecule has 0 spiro atoms. The van der Waals surface area contributed by atoms with Crippen LogP contribution < -0.4 is 0 Å². The number of ether oxygens (including phenoxy) is 1. The van der Waals surface area contributed by atoms with E-state index in [-0.39, 0.29) is 23.8 Å². The Hall–Kier alpha value is -2.40. The predicted molar refractivity (Wildman–Crippen MR) is 67.8 cm³/mol. The Labute approximate surface area is 112 Å². The van der Waals surface area contributed by atoms with Gasteiger partial charge in [0.15, 0.2) is 0 Å². The summed E-state index contributed by atoms with van der Waals surface area (Å²) in [5.74, 6) is -0.319. The van der Waals surface area contributed by atoms with E-state index in [0.717, 1.165) is 0 Å². The van der Waals surface area contributed by atoms with Gasteiger partial charge in [0.2, 0.25) is 0 Å². The van der Waals surface area contributed by atoms with Crippen LogP contribution in [0, 0.1) is 22.7 Å². The standard InChI is InChI=1S/C14H15N3O2/c1-14(2,3)19-13(18)7-5-10-4-6-11(8-15)17-12(10)9-16/h4,6H,5,7H2,1-3H3. The normalized spacial score (nSPS) is 10.4. The molecule has 0 aromatic carbocycles. The zero-order valence-corrected chi connectivity index (χ0v) is 11.2. The zero-order chi connectivity index (χ0) is 14.5. The van der Waals surface area contributed by atoms with Gasteiger partial charge in [-0.3, -0.25) is 4.79 Å². The summed E-state index contributed by atoms with van der Waals surface area (Å²) < 4.78 is 5.18. The van der Waals surface area contributed by atoms with Crippen LogP contribution in [-0.4, -0.2) is 16.6 Å². The summed E-state index contributed by atoms with van der Waals surface area (Å²) in [6, 6.07) is 6.98. The molecule has 0 N–H and O–H groups in total. The number of nitriles is 2. The van der Waals surface area contributed by atoms with Crippen LogP contribution in [0.25, 0.3) is 0 Å². The molecule has 5 heteroatoms. The first kappa shape index (κ1) is 14.7. The van der Waals surface area contributed by atoms with E-state index in [4.69, 9.17) is 15.3 Å². The number of carbonyl (C=O) groups excluding carboxylic acids is 1. The molecule has 1 aromatic heterocycles. The van der Waals surface area contributed by atoms with Crippen LogP contribution in [0.15, 0.2) is 12.1 Å². The van der Waals surface area contributed by atoms with E-state index in [2.05, 4.69) is 4.98 Å². The van der Waals surface area contributed by atoms with Gasteiger partial charge in [-0.05, 0) is 38.8 Å². The molecule has 0 aliphatic heterocycles. The second-order valence-corrected chi connectivity index (χ2v) is 5.01. The molecule has 0 aliphatic carbocycles. The average molecular weight is 257 g/mol. The third-order valence-electron chi connectivity index (χ3n) is 2.22. The van der Waals surface area contributed by atoms with E-state index in [0.29, 0.717) is 12.0 Å². The van der Waals surface area contributed by atoms with Crippen molar-refractivity contribution in [1.82, 2.24) is 4.98 Å². The van der Waals surface area contributed by atoms with E-state index in [1.165, 1.54) is 6.07 Å². The molecule has 0 saturated heterocycles. The van der Waals surface area contributed by atoms with Crippen molar-refractivity contribution in [1.29, 1.82) is 10.5 Å². The Morgan fingerprint density at radius 1 is 1.32 bits per heavy atom. The molecule has 0 radical (unpaired) electrons. The van der Waals surface area contributed by atoms with Crippen LogP contribution in [0.1, 0.15) is 44.1 Å². The van der Waals surface area contributed by atoms with Crippen molar-refractivity contribution < 1.29 is 9.53 Å². The van der Waals surface area contributed by atoms with Gasteiger partial charge in [-0.2, -0.15) is 10.5 Å². The number of hydrogen-bond donors (Lipinski definition) is 0. The third-order valence-corrected chi connectivity index (χ3v) is 2.22. The summed E-state index contributed by atoms with van der Waals surface area (Å²) in [6.45, 7) is 5.40. The quantitative estimate of drug-likeness (QED) is 0.774. The van der Waals surface area contributed by atoms with Crippen LogP contribution in [0.3, 0.4) is 0 Å². The summed E-state index contributed by atoms with van der Waals surface area (Å²) in [4.78, 5) is 15.5. The third kappa shape index (κ3) is 4.77. The van der Waals surface area contributed by atoms with Gasteiger partial charge in [0.25, 0.3) is 0 Å². The summed E-state index contributed by atoms with van der Waals surface area (Å²) in [6.07, 6.45) is 0.552. The van der Waals surface area contributed by atoms with Crippen LogP contribution in [0.2, 0.25) is 0 Å². The van der Waals surface area contributed by atoms with Crippen LogP contribution in [-0.2, 0) is 16.0 Å². The molecule has 1 rings (SSSR count). The summed E-state index contributed by atoms with van der Waals surface area (Å²) in [5.41, 5.74) is 0.505. The SMILES string of the molecule is CC(C)(C)OC(=O)CCc1ccc(C#N)nc1C#N. The molecule has 0 unspecified atom stereocenters. The van der Waals surface area contributed by atoms with Gasteiger partial charge in [0.1, 0.15) is 29.1 Å². The first-order chi connectivity index (χ1) is 8.85. The Morgan fingerprint density at radius 3 is 2.53 bits per heavy atom. The number of rotatable bonds is 3. The second kappa shape index (κ2) is 5.97. The van der Waals surface area contributed by atoms with Crippen molar-refractivity contribution in [3.05, 3.63) is 29.1 Å². The predicted octanol–water partition coefficient (Wildman–Crippen LogP) is 2.10. The first-order valence-corrected chi connectivity index (χ1v) is 5.87. The van der Waals surface area contributed by atoms with Crippen LogP contribution in [0.4, 0.5) is 0 Å². The van der Waals surface area contributed by atoms with Gasteiger partial charge in [-0.15, -0.1) is 0 Å². The van der Waals surface area contributed by atoms with Crippen molar-refractivity contribution in [3.8, 4) is 12.1 Å². The molecule has 1 aromatic rings. The Kier molecular flexibility index (Phi) is 4.61. The number of carbonyl (C=O) groups is 1. The van der Waals surface area contributed by atoms with Crippen LogP contribution in [0.5, 0.6) is 0 Å². The second-order valence-electron chi connectivity index (χ2n) is 5.01. The lowest BCUT2D eigenvalue weighted by Crippen LogP contribution is -2.24. The molecule has 5 nitrogen and oxygen atoms in total. The maximum atomic E-state index is 11.6. The number of hydrogen-bond acceptors (Lipinski definition) is 5. The fraction of sp³-hybridized carbons (Fsp3) is 0.429. The number of nitrogens with zero attached hydrogens (tertiary/aromatic N) is 3. The van der Waals surface area contributed by atoms with Gasteiger partial charge < -0.3 is 4.74 Å². The molecule has 0 aliphatic rings. The van der Waals surface area contributed by atoms with E-state index < -0.39 is 5.60 Å². The van der Waals surface area contributed by atoms with Crippen LogP contribution >= 0.6 is 0 Å². The molecular formula is C14H15N3O2. The Balaban J connectivity index is 2.72. The van der Waals surface area contributed by atoms with Gasteiger partial charge >= 0.3 is 5.97 Å². The number of esters is 1. The maximum Gasteiger partial charge on any atom is 0.306 e. The Morgan fingerprint density at radius 2 is 2.00 bits per heavy atom. The molecule has 0 bridgehead atoms. The number of aromatic nitrogens is 1. The minimum atomic E-state index is -0.516. The smallest absolute Gasteiger partial charge is 0.306 e. The topological polar surface area (TPSA) is 86.8 Å². The monoisotopic (exact) mass is 257 g/mol. The highest BCUT2D eigenvalue weighted by atomic mass is 16.6. The number of aryl methyl sites for hydroxylation is 1. The molecule has 1 heterocycles. The molecule has 0 amide bonds. The average Bonchev–Trinajstić information content (AvgIpc) is 2.34. The lowest BCUT2D eigenvalue weighted by Gasteiger charge is -2.19. The maximum absolute atomic E-state index is 11.6. The van der Waals surface area contributed by atoms with Crippen molar-refractivity contribution >= 4 is 5.97 Å². The summed E-state index contributed by atoms with van der Waals surface area (Å²) in [7, 11) is 0. The van der Waals surface area contributed by atoms with Gasteiger partial charge in [0.05, 0.1) is 0 Å². The zero-order valence-electron chi connectivity index (χ0n) is 11.2. The van der Waals surface area contributed by atoms with E-state index in [9.17, 15) is 4.79 Å². The van der Waals surface area contributed by atoms with E-state index in [1.54, 1.807) is 26.8 Å². The van der Waals surface area contributed by atoms with Crippen molar-refractivity contribution in [3.63, 3.8) is 0 Å². The molecule has 19 heavy (non-hydrogen) atoms. The molecular weight excluding hydrogens is 242 g/mol. The highest BCUT2D eigenvalue weighted by molar-refractivity contribution is 5.70. The van der Waals surface area contributed by atoms with Gasteiger partial charge in [0, 0.05) is 6.42 Å². The fourth-order valence-electron chi connectivity index (χ4n) is 1.48. The minimum absolute atomic E-state index is 0.180.